The van der Waals surface area contributed by atoms with Crippen molar-refractivity contribution in [2.75, 3.05) is 26.6 Å². The molecule has 0 aliphatic rings. The van der Waals surface area contributed by atoms with Crippen molar-refractivity contribution in [2.24, 2.45) is 5.92 Å². The highest BCUT2D eigenvalue weighted by atomic mass is 16.7. The van der Waals surface area contributed by atoms with Gasteiger partial charge < -0.3 is 39.7 Å². The number of rotatable bonds is 13. The lowest BCUT2D eigenvalue weighted by Gasteiger charge is -2.21. The zero-order valence-corrected chi connectivity index (χ0v) is 25.8. The number of methoxy groups -OCH3 is 3. The largest absolute Gasteiger partial charge is 0.514 e. The summed E-state index contributed by atoms with van der Waals surface area (Å²) in [5, 5.41) is 25.1. The summed E-state index contributed by atoms with van der Waals surface area (Å²) >= 11 is 0. The van der Waals surface area contributed by atoms with E-state index in [0.29, 0.717) is 17.1 Å². The minimum absolute atomic E-state index is 0.00200. The van der Waals surface area contributed by atoms with Crippen molar-refractivity contribution in [3.63, 3.8) is 0 Å². The maximum atomic E-state index is 13.4. The average molecular weight is 636 g/mol. The van der Waals surface area contributed by atoms with Crippen molar-refractivity contribution < 1.29 is 38.3 Å². The molecule has 2 aromatic carbocycles. The van der Waals surface area contributed by atoms with Gasteiger partial charge in [-0.2, -0.15) is 9.78 Å². The number of carbonyl (C=O) groups is 3. The van der Waals surface area contributed by atoms with Gasteiger partial charge in [-0.3, -0.25) is 9.59 Å². The first kappa shape index (κ1) is 33.0. The highest BCUT2D eigenvalue weighted by Crippen LogP contribution is 2.22. The molecule has 0 saturated carbocycles. The molecule has 1 atom stereocenters. The van der Waals surface area contributed by atoms with E-state index in [9.17, 15) is 24.5 Å². The predicted molar refractivity (Wildman–Crippen MR) is 163 cm³/mol. The average Bonchev–Trinajstić information content (AvgIpc) is 3.63. The molecule has 0 radical (unpaired) electrons. The van der Waals surface area contributed by atoms with Crippen molar-refractivity contribution in [1.82, 2.24) is 24.9 Å². The van der Waals surface area contributed by atoms with Crippen LogP contribution in [0.1, 0.15) is 35.5 Å². The molecule has 2 N–H and O–H groups in total. The Labute approximate surface area is 263 Å². The van der Waals surface area contributed by atoms with Gasteiger partial charge in [0.05, 0.1) is 45.6 Å². The Balaban J connectivity index is 1.54. The Morgan fingerprint density at radius 3 is 1.93 bits per heavy atom. The van der Waals surface area contributed by atoms with Crippen LogP contribution in [-0.2, 0) is 22.6 Å². The van der Waals surface area contributed by atoms with Crippen molar-refractivity contribution in [2.45, 2.75) is 33.0 Å². The van der Waals surface area contributed by atoms with Crippen LogP contribution in [0.2, 0.25) is 0 Å². The summed E-state index contributed by atoms with van der Waals surface area (Å²) in [5.74, 6) is -0.999. The van der Waals surface area contributed by atoms with E-state index in [1.165, 1.54) is 22.5 Å². The molecule has 0 aliphatic carbocycles. The second-order valence-electron chi connectivity index (χ2n) is 10.3. The van der Waals surface area contributed by atoms with Crippen LogP contribution in [0.15, 0.2) is 60.7 Å². The van der Waals surface area contributed by atoms with Crippen LogP contribution in [0.5, 0.6) is 17.4 Å². The van der Waals surface area contributed by atoms with Gasteiger partial charge in [0.2, 0.25) is 11.8 Å². The fourth-order valence-corrected chi connectivity index (χ4v) is 4.34. The smallest absolute Gasteiger partial charge is 0.497 e. The van der Waals surface area contributed by atoms with Crippen molar-refractivity contribution >= 4 is 29.6 Å². The van der Waals surface area contributed by atoms with E-state index in [4.69, 9.17) is 14.2 Å². The number of carbonyl (C=O) groups excluding carboxylic acids is 3. The Morgan fingerprint density at radius 1 is 0.870 bits per heavy atom. The van der Waals surface area contributed by atoms with E-state index < -0.39 is 40.7 Å². The number of amides is 2. The molecule has 0 fully saturated rings. The molecule has 2 heterocycles. The Hall–Kier alpha value is -5.93. The van der Waals surface area contributed by atoms with Crippen molar-refractivity contribution in [3.8, 4) is 17.4 Å². The molecule has 16 nitrogen and oxygen atoms in total. The van der Waals surface area contributed by atoms with Crippen LogP contribution in [0, 0.1) is 16.0 Å². The Morgan fingerprint density at radius 2 is 1.43 bits per heavy atom. The zero-order valence-electron chi connectivity index (χ0n) is 25.8. The summed E-state index contributed by atoms with van der Waals surface area (Å²) in [6.07, 6.45) is -0.985. The van der Waals surface area contributed by atoms with E-state index in [1.807, 2.05) is 0 Å². The Bertz CT molecular complexity index is 1700. The molecule has 242 valence electrons. The number of benzene rings is 2. The summed E-state index contributed by atoms with van der Waals surface area (Å²) in [4.78, 5) is 49.5. The maximum Gasteiger partial charge on any atom is 0.514 e. The molecule has 16 heteroatoms. The van der Waals surface area contributed by atoms with Gasteiger partial charge in [-0.15, -0.1) is 0 Å². The first-order valence-electron chi connectivity index (χ1n) is 13.9. The quantitative estimate of drug-likeness (QED) is 0.124. The van der Waals surface area contributed by atoms with E-state index in [-0.39, 0.29) is 30.5 Å². The molecule has 2 aromatic heterocycles. The summed E-state index contributed by atoms with van der Waals surface area (Å²) in [6, 6.07) is 15.3. The molecule has 0 spiro atoms. The summed E-state index contributed by atoms with van der Waals surface area (Å²) in [6.45, 7) is 3.66. The van der Waals surface area contributed by atoms with Crippen molar-refractivity contribution in [3.05, 3.63) is 87.6 Å². The molecule has 0 bridgehead atoms. The van der Waals surface area contributed by atoms with Gasteiger partial charge in [0.15, 0.2) is 11.5 Å². The van der Waals surface area contributed by atoms with Crippen LogP contribution in [0.25, 0.3) is 0 Å². The minimum Gasteiger partial charge on any atom is -0.497 e. The molecular weight excluding hydrogens is 602 g/mol. The summed E-state index contributed by atoms with van der Waals surface area (Å²) in [5.41, 5.74) is 1.39. The monoisotopic (exact) mass is 635 g/mol. The maximum absolute atomic E-state index is 13.4. The third-order valence-corrected chi connectivity index (χ3v) is 6.75. The molecule has 0 saturated heterocycles. The lowest BCUT2D eigenvalue weighted by molar-refractivity contribution is -0.389. The normalized spacial score (nSPS) is 11.4. The van der Waals surface area contributed by atoms with Gasteiger partial charge in [-0.1, -0.05) is 38.1 Å². The number of hydrogen-bond acceptors (Lipinski definition) is 11. The number of ether oxygens (including phenoxy) is 4. The molecule has 4 aromatic rings. The van der Waals surface area contributed by atoms with Gasteiger partial charge in [0.1, 0.15) is 17.5 Å². The summed E-state index contributed by atoms with van der Waals surface area (Å²) < 4.78 is 22.7. The van der Waals surface area contributed by atoms with Gasteiger partial charge in [0, 0.05) is 6.07 Å². The summed E-state index contributed by atoms with van der Waals surface area (Å²) in [7, 11) is 4.23. The molecule has 0 aliphatic heterocycles. The van der Waals surface area contributed by atoms with Gasteiger partial charge >= 0.3 is 12.0 Å². The second kappa shape index (κ2) is 14.7. The van der Waals surface area contributed by atoms with Crippen molar-refractivity contribution in [1.29, 1.82) is 0 Å². The lowest BCUT2D eigenvalue weighted by Crippen LogP contribution is -2.47. The van der Waals surface area contributed by atoms with Crippen LogP contribution >= 0.6 is 0 Å². The van der Waals surface area contributed by atoms with Crippen LogP contribution in [-0.4, -0.2) is 69.8 Å². The third kappa shape index (κ3) is 8.16. The fraction of sp³-hybridized carbons (Fsp3) is 0.300. The molecule has 1 unspecified atom stereocenters. The lowest BCUT2D eigenvalue weighted by atomic mass is 10.0. The number of hydrogen-bond donors (Lipinski definition) is 2. The van der Waals surface area contributed by atoms with E-state index >= 15 is 0 Å². The SMILES string of the molecule is COC(=O)Oc1cc(NC(=O)C(NC(=O)c2cc([N+](=O)[O-])nn2Cc2ccc(OC)cc2)C(C)C)nn1Cc1ccc(OC)cc1. The second-order valence-corrected chi connectivity index (χ2v) is 10.3. The zero-order chi connectivity index (χ0) is 33.4. The standard InChI is InChI=1S/C30H33N7O9/c1-18(2)27(32-28(38)23-14-25(37(41)42)34-35(23)16-19-6-10-21(43-3)11-7-19)29(39)31-24-15-26(46-30(40)45-5)36(33-24)17-20-8-12-22(44-4)13-9-20/h6-15,18,27H,16-17H2,1-5H3,(H,32,38)(H,31,33,39). The topological polar surface area (TPSA) is 191 Å². The molecule has 2 amide bonds. The number of nitrogens with zero attached hydrogens (tertiary/aromatic N) is 5. The number of aromatic nitrogens is 4. The number of nitro groups is 1. The number of nitrogens with one attached hydrogen (secondary N) is 2. The fourth-order valence-electron chi connectivity index (χ4n) is 4.34. The predicted octanol–water partition coefficient (Wildman–Crippen LogP) is 3.64. The van der Waals surface area contributed by atoms with E-state index in [0.717, 1.165) is 18.7 Å². The minimum atomic E-state index is -1.09. The van der Waals surface area contributed by atoms with Gasteiger partial charge in [-0.25, -0.2) is 9.48 Å². The van der Waals surface area contributed by atoms with E-state index in [1.54, 1.807) is 69.5 Å². The highest BCUT2D eigenvalue weighted by Gasteiger charge is 2.30. The first-order valence-corrected chi connectivity index (χ1v) is 13.9. The van der Waals surface area contributed by atoms with Crippen LogP contribution < -0.4 is 24.8 Å². The molecule has 46 heavy (non-hydrogen) atoms. The van der Waals surface area contributed by atoms with Gasteiger partial charge in [0.25, 0.3) is 5.91 Å². The molecular formula is C30H33N7O9. The van der Waals surface area contributed by atoms with Crippen LogP contribution in [0.4, 0.5) is 16.4 Å². The van der Waals surface area contributed by atoms with Crippen LogP contribution in [0.3, 0.4) is 0 Å². The molecule has 4 rings (SSSR count). The van der Waals surface area contributed by atoms with E-state index in [2.05, 4.69) is 25.6 Å². The number of anilines is 1. The van der Waals surface area contributed by atoms with Gasteiger partial charge in [-0.05, 0) is 46.2 Å². The Kier molecular flexibility index (Phi) is 10.5. The third-order valence-electron chi connectivity index (χ3n) is 6.75. The highest BCUT2D eigenvalue weighted by molar-refractivity contribution is 6.00. The first-order chi connectivity index (χ1) is 22.0.